The number of likely N-dealkylation sites (N-methyl/N-ethyl adjacent to an activating group) is 1. The summed E-state index contributed by atoms with van der Waals surface area (Å²) in [6, 6.07) is 15.5. The van der Waals surface area contributed by atoms with Crippen molar-refractivity contribution in [2.75, 3.05) is 13.6 Å². The van der Waals surface area contributed by atoms with Crippen LogP contribution in [0.3, 0.4) is 0 Å². The number of aryl methyl sites for hydroxylation is 1. The number of allylic oxidation sites excluding steroid dienone is 2. The molecule has 0 bridgehead atoms. The van der Waals surface area contributed by atoms with Crippen LogP contribution in [0.5, 0.6) is 0 Å². The second-order valence-corrected chi connectivity index (χ2v) is 6.36. The van der Waals surface area contributed by atoms with Crippen molar-refractivity contribution in [3.8, 4) is 0 Å². The highest BCUT2D eigenvalue weighted by molar-refractivity contribution is 6.04. The number of hydrogen-bond acceptors (Lipinski definition) is 3. The molecule has 0 radical (unpaired) electrons. The largest absolute Gasteiger partial charge is 0.377 e. The fourth-order valence-electron chi connectivity index (χ4n) is 3.01. The summed E-state index contributed by atoms with van der Waals surface area (Å²) in [4.78, 5) is 15.1. The Morgan fingerprint density at radius 3 is 2.56 bits per heavy atom. The van der Waals surface area contributed by atoms with Crippen molar-refractivity contribution in [1.29, 1.82) is 0 Å². The molecule has 0 aliphatic carbocycles. The Morgan fingerprint density at radius 1 is 1.08 bits per heavy atom. The minimum Gasteiger partial charge on any atom is -0.377 e. The van der Waals surface area contributed by atoms with Gasteiger partial charge in [0.2, 0.25) is 0 Å². The van der Waals surface area contributed by atoms with Gasteiger partial charge in [0.25, 0.3) is 5.91 Å². The normalized spacial score (nSPS) is 14.0. The Hall–Kier alpha value is -3.14. The molecule has 2 heterocycles. The molecule has 0 unspecified atom stereocenters. The van der Waals surface area contributed by atoms with E-state index in [-0.39, 0.29) is 5.91 Å². The highest BCUT2D eigenvalue weighted by atomic mass is 16.2. The number of nitrogens with zero attached hydrogens (tertiary/aromatic N) is 3. The summed E-state index contributed by atoms with van der Waals surface area (Å²) < 4.78 is 1.52. The van der Waals surface area contributed by atoms with Gasteiger partial charge in [0, 0.05) is 30.1 Å². The van der Waals surface area contributed by atoms with E-state index in [1.807, 2.05) is 74.8 Å². The molecular weight excluding hydrogens is 310 g/mol. The van der Waals surface area contributed by atoms with Crippen LogP contribution < -0.4 is 0 Å². The van der Waals surface area contributed by atoms with Crippen molar-refractivity contribution >= 4 is 22.4 Å². The molecule has 4 rings (SSSR count). The zero-order chi connectivity index (χ0) is 17.4. The first-order chi connectivity index (χ1) is 12.1. The lowest BCUT2D eigenvalue weighted by atomic mass is 10.1. The minimum absolute atomic E-state index is 0.111. The zero-order valence-electron chi connectivity index (χ0n) is 14.3. The van der Waals surface area contributed by atoms with E-state index in [2.05, 4.69) is 16.1 Å². The lowest BCUT2D eigenvalue weighted by Crippen LogP contribution is -2.15. The fourth-order valence-corrected chi connectivity index (χ4v) is 3.01. The van der Waals surface area contributed by atoms with Crippen LogP contribution in [-0.4, -0.2) is 34.2 Å². The van der Waals surface area contributed by atoms with Crippen molar-refractivity contribution in [3.05, 3.63) is 83.7 Å². The summed E-state index contributed by atoms with van der Waals surface area (Å²) in [7, 11) is 2.03. The van der Waals surface area contributed by atoms with Gasteiger partial charge in [0.1, 0.15) is 5.69 Å². The van der Waals surface area contributed by atoms with Crippen molar-refractivity contribution in [2.45, 2.75) is 6.92 Å². The Balaban J connectivity index is 1.84. The van der Waals surface area contributed by atoms with Crippen molar-refractivity contribution in [2.24, 2.45) is 0 Å². The van der Waals surface area contributed by atoms with E-state index < -0.39 is 0 Å². The van der Waals surface area contributed by atoms with Gasteiger partial charge in [-0.2, -0.15) is 9.78 Å². The number of fused-ring (bicyclic) bond motifs is 1. The number of carbonyl (C=O) groups excluding carboxylic acids is 1. The number of aromatic nitrogens is 2. The van der Waals surface area contributed by atoms with Gasteiger partial charge in [-0.3, -0.25) is 4.79 Å². The molecule has 4 heteroatoms. The summed E-state index contributed by atoms with van der Waals surface area (Å²) in [5.74, 6) is -0.111. The van der Waals surface area contributed by atoms with Gasteiger partial charge in [0.15, 0.2) is 0 Å². The number of hydrogen-bond donors (Lipinski definition) is 0. The third kappa shape index (κ3) is 2.76. The highest BCUT2D eigenvalue weighted by Gasteiger charge is 2.19. The molecule has 3 aromatic rings. The molecule has 0 saturated carbocycles. The molecule has 124 valence electrons. The monoisotopic (exact) mass is 329 g/mol. The molecule has 4 nitrogen and oxygen atoms in total. The summed E-state index contributed by atoms with van der Waals surface area (Å²) in [6.45, 7) is 2.84. The van der Waals surface area contributed by atoms with Crippen LogP contribution in [0.25, 0.3) is 16.5 Å². The molecule has 1 aromatic heterocycles. The standard InChI is InChI=1S/C21H19N3O/c1-15-7-9-17(10-8-15)21(25)24-19-6-4-3-5-18(19)20(22-24)16-11-13-23(2)14-12-16/h3-13H,14H2,1-2H3. The van der Waals surface area contributed by atoms with Crippen LogP contribution >= 0.6 is 0 Å². The number of benzene rings is 2. The average Bonchev–Trinajstić information content (AvgIpc) is 3.02. The van der Waals surface area contributed by atoms with Crippen LogP contribution in [0.1, 0.15) is 21.6 Å². The fraction of sp³-hybridized carbons (Fsp3) is 0.143. The SMILES string of the molecule is Cc1ccc(C(=O)n2nc(C3=CCN(C)C=C3)c3ccccc32)cc1. The van der Waals surface area contributed by atoms with Gasteiger partial charge in [-0.15, -0.1) is 0 Å². The van der Waals surface area contributed by atoms with E-state index in [4.69, 9.17) is 0 Å². The van der Waals surface area contributed by atoms with Crippen molar-refractivity contribution in [1.82, 2.24) is 14.7 Å². The molecular formula is C21H19N3O. The number of rotatable bonds is 2. The maximum atomic E-state index is 13.0. The third-order valence-electron chi connectivity index (χ3n) is 4.46. The summed E-state index contributed by atoms with van der Waals surface area (Å²) in [5.41, 5.74) is 4.49. The first-order valence-corrected chi connectivity index (χ1v) is 8.31. The van der Waals surface area contributed by atoms with E-state index in [9.17, 15) is 4.79 Å². The number of para-hydroxylation sites is 1. The molecule has 0 spiro atoms. The predicted molar refractivity (Wildman–Crippen MR) is 100 cm³/mol. The zero-order valence-corrected chi connectivity index (χ0v) is 14.3. The molecule has 0 N–H and O–H groups in total. The average molecular weight is 329 g/mol. The minimum atomic E-state index is -0.111. The van der Waals surface area contributed by atoms with Gasteiger partial charge in [-0.05, 0) is 37.4 Å². The van der Waals surface area contributed by atoms with E-state index in [1.165, 1.54) is 4.68 Å². The second kappa shape index (κ2) is 6.06. The molecule has 1 aliphatic rings. The summed E-state index contributed by atoms with van der Waals surface area (Å²) in [6.07, 6.45) is 6.21. The predicted octanol–water partition coefficient (Wildman–Crippen LogP) is 3.88. The quantitative estimate of drug-likeness (QED) is 0.716. The van der Waals surface area contributed by atoms with Crippen molar-refractivity contribution < 1.29 is 4.79 Å². The molecule has 1 aliphatic heterocycles. The van der Waals surface area contributed by atoms with Crippen LogP contribution in [0.2, 0.25) is 0 Å². The van der Waals surface area contributed by atoms with Gasteiger partial charge < -0.3 is 4.90 Å². The van der Waals surface area contributed by atoms with E-state index in [0.717, 1.165) is 34.3 Å². The molecule has 25 heavy (non-hydrogen) atoms. The van der Waals surface area contributed by atoms with Crippen LogP contribution in [0, 0.1) is 6.92 Å². The van der Waals surface area contributed by atoms with Crippen LogP contribution in [0.4, 0.5) is 0 Å². The summed E-state index contributed by atoms with van der Waals surface area (Å²) >= 11 is 0. The van der Waals surface area contributed by atoms with Crippen molar-refractivity contribution in [3.63, 3.8) is 0 Å². The highest BCUT2D eigenvalue weighted by Crippen LogP contribution is 2.27. The van der Waals surface area contributed by atoms with Crippen LogP contribution in [-0.2, 0) is 0 Å². The van der Waals surface area contributed by atoms with Gasteiger partial charge in [0.05, 0.1) is 5.52 Å². The second-order valence-electron chi connectivity index (χ2n) is 6.36. The molecule has 0 saturated heterocycles. The van der Waals surface area contributed by atoms with E-state index >= 15 is 0 Å². The molecule has 0 atom stereocenters. The molecule has 0 fully saturated rings. The van der Waals surface area contributed by atoms with Gasteiger partial charge in [-0.25, -0.2) is 0 Å². The smallest absolute Gasteiger partial charge is 0.278 e. The number of carbonyl (C=O) groups is 1. The lowest BCUT2D eigenvalue weighted by Gasteiger charge is -2.16. The Bertz CT molecular complexity index is 1010. The third-order valence-corrected chi connectivity index (χ3v) is 4.46. The topological polar surface area (TPSA) is 38.1 Å². The molecule has 2 aromatic carbocycles. The maximum absolute atomic E-state index is 13.0. The first-order valence-electron chi connectivity index (χ1n) is 8.31. The van der Waals surface area contributed by atoms with Crippen LogP contribution in [0.15, 0.2) is 66.9 Å². The van der Waals surface area contributed by atoms with E-state index in [0.29, 0.717) is 5.56 Å². The maximum Gasteiger partial charge on any atom is 0.278 e. The molecule has 0 amide bonds. The van der Waals surface area contributed by atoms with E-state index in [1.54, 1.807) is 0 Å². The van der Waals surface area contributed by atoms with Gasteiger partial charge >= 0.3 is 0 Å². The Labute approximate surface area is 146 Å². The van der Waals surface area contributed by atoms with Gasteiger partial charge in [-0.1, -0.05) is 42.0 Å². The first kappa shape index (κ1) is 15.4. The Morgan fingerprint density at radius 2 is 1.84 bits per heavy atom. The summed E-state index contributed by atoms with van der Waals surface area (Å²) in [5, 5.41) is 5.66. The Kier molecular flexibility index (Phi) is 3.73. The lowest BCUT2D eigenvalue weighted by molar-refractivity contribution is 0.0950.